The summed E-state index contributed by atoms with van der Waals surface area (Å²) in [7, 11) is 0. The van der Waals surface area contributed by atoms with Crippen molar-refractivity contribution in [2.24, 2.45) is 5.92 Å². The van der Waals surface area contributed by atoms with Gasteiger partial charge in [-0.1, -0.05) is 0 Å². The van der Waals surface area contributed by atoms with Gasteiger partial charge in [-0.15, -0.1) is 0 Å². The molecule has 1 aliphatic rings. The molecule has 2 rings (SSSR count). The Morgan fingerprint density at radius 2 is 2.13 bits per heavy atom. The lowest BCUT2D eigenvalue weighted by Gasteiger charge is -2.20. The van der Waals surface area contributed by atoms with E-state index in [4.69, 9.17) is 4.74 Å². The van der Waals surface area contributed by atoms with Crippen molar-refractivity contribution in [3.05, 3.63) is 29.6 Å². The van der Waals surface area contributed by atoms with Gasteiger partial charge >= 0.3 is 0 Å². The van der Waals surface area contributed by atoms with Crippen molar-refractivity contribution in [3.8, 4) is 0 Å². The monoisotopic (exact) mass is 205 g/mol. The van der Waals surface area contributed by atoms with Crippen LogP contribution in [-0.4, -0.2) is 24.0 Å². The van der Waals surface area contributed by atoms with E-state index in [0.717, 1.165) is 24.0 Å². The van der Waals surface area contributed by atoms with Crippen molar-refractivity contribution in [1.82, 2.24) is 4.98 Å². The summed E-state index contributed by atoms with van der Waals surface area (Å²) in [5.41, 5.74) is 1.77. The molecule has 1 saturated heterocycles. The number of ether oxygens (including phenoxy) is 1. The van der Waals surface area contributed by atoms with Crippen LogP contribution in [0.5, 0.6) is 0 Å². The first kappa shape index (κ1) is 10.3. The second-order valence-electron chi connectivity index (χ2n) is 4.00. The van der Waals surface area contributed by atoms with Crippen molar-refractivity contribution in [2.45, 2.75) is 19.8 Å². The summed E-state index contributed by atoms with van der Waals surface area (Å²) in [6, 6.07) is 1.91. The van der Waals surface area contributed by atoms with Gasteiger partial charge in [-0.25, -0.2) is 0 Å². The van der Waals surface area contributed by atoms with E-state index in [1.165, 1.54) is 0 Å². The van der Waals surface area contributed by atoms with Gasteiger partial charge in [0, 0.05) is 37.1 Å². The minimum atomic E-state index is 0.127. The smallest absolute Gasteiger partial charge is 0.167 e. The summed E-state index contributed by atoms with van der Waals surface area (Å²) >= 11 is 0. The van der Waals surface area contributed by atoms with Gasteiger partial charge in [-0.2, -0.15) is 0 Å². The largest absolute Gasteiger partial charge is 0.381 e. The predicted octanol–water partition coefficient (Wildman–Crippen LogP) is 2.00. The van der Waals surface area contributed by atoms with Gasteiger partial charge in [0.15, 0.2) is 5.78 Å². The highest BCUT2D eigenvalue weighted by molar-refractivity contribution is 5.97. The van der Waals surface area contributed by atoms with Crippen LogP contribution in [0.25, 0.3) is 0 Å². The van der Waals surface area contributed by atoms with Crippen molar-refractivity contribution < 1.29 is 9.53 Å². The van der Waals surface area contributed by atoms with E-state index in [9.17, 15) is 4.79 Å². The van der Waals surface area contributed by atoms with Crippen LogP contribution in [0.3, 0.4) is 0 Å². The number of nitrogens with zero attached hydrogens (tertiary/aromatic N) is 1. The highest BCUT2D eigenvalue weighted by Crippen LogP contribution is 2.19. The summed E-state index contributed by atoms with van der Waals surface area (Å²) in [4.78, 5) is 16.1. The number of pyridine rings is 1. The van der Waals surface area contributed by atoms with Crippen LogP contribution in [0.4, 0.5) is 0 Å². The van der Waals surface area contributed by atoms with Gasteiger partial charge in [-0.05, 0) is 31.4 Å². The fourth-order valence-electron chi connectivity index (χ4n) is 1.89. The Morgan fingerprint density at radius 1 is 1.40 bits per heavy atom. The molecule has 15 heavy (non-hydrogen) atoms. The van der Waals surface area contributed by atoms with E-state index in [0.29, 0.717) is 13.2 Å². The number of ketones is 1. The lowest BCUT2D eigenvalue weighted by atomic mass is 9.91. The summed E-state index contributed by atoms with van der Waals surface area (Å²) in [6.45, 7) is 3.36. The van der Waals surface area contributed by atoms with Gasteiger partial charge in [0.2, 0.25) is 0 Å². The molecule has 0 atom stereocenters. The van der Waals surface area contributed by atoms with E-state index in [-0.39, 0.29) is 11.7 Å². The van der Waals surface area contributed by atoms with Gasteiger partial charge in [0.1, 0.15) is 0 Å². The molecule has 0 aromatic carbocycles. The average molecular weight is 205 g/mol. The molecule has 0 unspecified atom stereocenters. The Kier molecular flexibility index (Phi) is 3.11. The molecule has 1 aliphatic heterocycles. The maximum atomic E-state index is 12.1. The summed E-state index contributed by atoms with van der Waals surface area (Å²) < 4.78 is 5.24. The molecule has 1 aromatic heterocycles. The summed E-state index contributed by atoms with van der Waals surface area (Å²) in [5, 5.41) is 0. The molecule has 1 fully saturated rings. The number of aromatic nitrogens is 1. The van der Waals surface area contributed by atoms with Gasteiger partial charge < -0.3 is 4.74 Å². The molecular weight excluding hydrogens is 190 g/mol. The van der Waals surface area contributed by atoms with Crippen molar-refractivity contribution in [2.75, 3.05) is 13.2 Å². The number of carbonyl (C=O) groups excluding carboxylic acids is 1. The minimum absolute atomic E-state index is 0.127. The van der Waals surface area contributed by atoms with Crippen LogP contribution in [-0.2, 0) is 4.74 Å². The first-order valence-corrected chi connectivity index (χ1v) is 5.31. The zero-order valence-corrected chi connectivity index (χ0v) is 8.90. The highest BCUT2D eigenvalue weighted by Gasteiger charge is 2.22. The Labute approximate surface area is 89.5 Å². The van der Waals surface area contributed by atoms with Crippen LogP contribution in [0.1, 0.15) is 28.8 Å². The highest BCUT2D eigenvalue weighted by atomic mass is 16.5. The number of Topliss-reactive ketones (excluding diaryl/α,β-unsaturated/α-hetero) is 1. The molecule has 3 nitrogen and oxygen atoms in total. The normalized spacial score (nSPS) is 17.7. The molecule has 3 heteroatoms. The molecule has 0 bridgehead atoms. The van der Waals surface area contributed by atoms with E-state index in [1.807, 2.05) is 13.0 Å². The number of hydrogen-bond donors (Lipinski definition) is 0. The average Bonchev–Trinajstić information content (AvgIpc) is 2.29. The van der Waals surface area contributed by atoms with Crippen LogP contribution in [0, 0.1) is 12.8 Å². The number of hydrogen-bond acceptors (Lipinski definition) is 3. The van der Waals surface area contributed by atoms with E-state index in [2.05, 4.69) is 4.98 Å². The van der Waals surface area contributed by atoms with Crippen LogP contribution in [0.15, 0.2) is 18.5 Å². The molecule has 0 spiro atoms. The Bertz CT molecular complexity index is 356. The van der Waals surface area contributed by atoms with Crippen LogP contribution in [0.2, 0.25) is 0 Å². The summed E-state index contributed by atoms with van der Waals surface area (Å²) in [6.07, 6.45) is 5.10. The molecule has 0 N–H and O–H groups in total. The number of carbonyl (C=O) groups is 1. The summed E-state index contributed by atoms with van der Waals surface area (Å²) in [5.74, 6) is 0.344. The molecule has 0 saturated carbocycles. The van der Waals surface area contributed by atoms with Gasteiger partial charge in [-0.3, -0.25) is 9.78 Å². The van der Waals surface area contributed by atoms with Crippen LogP contribution < -0.4 is 0 Å². The second kappa shape index (κ2) is 4.53. The van der Waals surface area contributed by atoms with E-state index >= 15 is 0 Å². The Hall–Kier alpha value is -1.22. The Morgan fingerprint density at radius 3 is 2.80 bits per heavy atom. The molecule has 0 aliphatic carbocycles. The van der Waals surface area contributed by atoms with E-state index < -0.39 is 0 Å². The lowest BCUT2D eigenvalue weighted by molar-refractivity contribution is 0.0544. The van der Waals surface area contributed by atoms with Gasteiger partial charge in [0.05, 0.1) is 0 Å². The van der Waals surface area contributed by atoms with Crippen molar-refractivity contribution in [3.63, 3.8) is 0 Å². The van der Waals surface area contributed by atoms with Gasteiger partial charge in [0.25, 0.3) is 0 Å². The first-order chi connectivity index (χ1) is 7.27. The minimum Gasteiger partial charge on any atom is -0.381 e. The standard InChI is InChI=1S/C12H15NO2/c1-9-6-11(8-13-7-9)12(14)10-2-4-15-5-3-10/h6-8,10H,2-5H2,1H3. The molecule has 1 aromatic rings. The quantitative estimate of drug-likeness (QED) is 0.693. The molecule has 80 valence electrons. The number of rotatable bonds is 2. The topological polar surface area (TPSA) is 39.2 Å². The molecule has 0 amide bonds. The van der Waals surface area contributed by atoms with Crippen molar-refractivity contribution in [1.29, 1.82) is 0 Å². The third-order valence-electron chi connectivity index (χ3n) is 2.75. The fraction of sp³-hybridized carbons (Fsp3) is 0.500. The third-order valence-corrected chi connectivity index (χ3v) is 2.75. The lowest BCUT2D eigenvalue weighted by Crippen LogP contribution is -2.23. The molecular formula is C12H15NO2. The SMILES string of the molecule is Cc1cncc(C(=O)C2CCOCC2)c1. The second-order valence-corrected chi connectivity index (χ2v) is 4.00. The molecule has 2 heterocycles. The zero-order chi connectivity index (χ0) is 10.7. The maximum Gasteiger partial charge on any atom is 0.167 e. The first-order valence-electron chi connectivity index (χ1n) is 5.31. The molecule has 0 radical (unpaired) electrons. The number of aryl methyl sites for hydroxylation is 1. The fourth-order valence-corrected chi connectivity index (χ4v) is 1.89. The zero-order valence-electron chi connectivity index (χ0n) is 8.90. The third kappa shape index (κ3) is 2.42. The van der Waals surface area contributed by atoms with Crippen molar-refractivity contribution >= 4 is 5.78 Å². The Balaban J connectivity index is 2.12. The predicted molar refractivity (Wildman–Crippen MR) is 56.8 cm³/mol. The van der Waals surface area contributed by atoms with E-state index in [1.54, 1.807) is 12.4 Å². The van der Waals surface area contributed by atoms with Crippen LogP contribution >= 0.6 is 0 Å². The maximum absolute atomic E-state index is 12.1.